The molecule has 2 atom stereocenters. The van der Waals surface area contributed by atoms with Gasteiger partial charge < -0.3 is 36.2 Å². The van der Waals surface area contributed by atoms with Crippen molar-refractivity contribution in [2.45, 2.75) is 65.7 Å². The minimum Gasteiger partial charge on any atom is -0.380 e. The van der Waals surface area contributed by atoms with Crippen LogP contribution in [0.3, 0.4) is 0 Å². The van der Waals surface area contributed by atoms with E-state index >= 15 is 4.39 Å². The molecule has 46 heavy (non-hydrogen) atoms. The summed E-state index contributed by atoms with van der Waals surface area (Å²) in [5.74, 6) is -5.22. The number of hydrogen-bond acceptors (Lipinski definition) is 6. The summed E-state index contributed by atoms with van der Waals surface area (Å²) < 4.78 is 49.0. The van der Waals surface area contributed by atoms with Crippen molar-refractivity contribution < 1.29 is 58.6 Å². The van der Waals surface area contributed by atoms with E-state index in [0.717, 1.165) is 4.90 Å². The van der Waals surface area contributed by atoms with Crippen molar-refractivity contribution in [1.29, 1.82) is 0 Å². The third-order valence-corrected chi connectivity index (χ3v) is 7.34. The maximum atomic E-state index is 15.4. The van der Waals surface area contributed by atoms with E-state index in [1.54, 1.807) is 20.2 Å². The van der Waals surface area contributed by atoms with Gasteiger partial charge in [-0.1, -0.05) is 13.1 Å². The minimum atomic E-state index is -2.98. The molecular formula is C33H40F3N5O4U. The summed E-state index contributed by atoms with van der Waals surface area (Å²) in [6.07, 6.45) is 6.57. The van der Waals surface area contributed by atoms with Gasteiger partial charge in [0.25, 0.3) is 23.3 Å². The van der Waals surface area contributed by atoms with Crippen LogP contribution in [0.25, 0.3) is 11.1 Å². The molecular weight excluding hydrogens is 825 g/mol. The number of nitrogens with zero attached hydrogens (tertiary/aromatic N) is 3. The fourth-order valence-electron chi connectivity index (χ4n) is 4.63. The van der Waals surface area contributed by atoms with Gasteiger partial charge in [0.15, 0.2) is 0 Å². The Bertz CT molecular complexity index is 1580. The topological polar surface area (TPSA) is 106 Å². The molecule has 3 aromatic rings. The summed E-state index contributed by atoms with van der Waals surface area (Å²) in [6, 6.07) is 6.90. The van der Waals surface area contributed by atoms with Crippen LogP contribution in [0.15, 0.2) is 41.3 Å². The Morgan fingerprint density at radius 3 is 2.35 bits per heavy atom. The zero-order valence-electron chi connectivity index (χ0n) is 27.1. The molecule has 246 valence electrons. The maximum Gasteiger partial charge on any atom is 2.00 e. The molecule has 0 radical (unpaired) electrons. The Balaban J connectivity index is 0.00000177. The molecule has 0 bridgehead atoms. The number of nitrogens with one attached hydrogen (secondary N) is 2. The molecule has 4 rings (SSSR count). The Labute approximate surface area is 291 Å². The molecule has 3 heterocycles. The van der Waals surface area contributed by atoms with Crippen molar-refractivity contribution in [3.63, 3.8) is 0 Å². The summed E-state index contributed by atoms with van der Waals surface area (Å²) >= 11 is 0. The van der Waals surface area contributed by atoms with Gasteiger partial charge in [0, 0.05) is 44.3 Å². The second-order valence-corrected chi connectivity index (χ2v) is 11.1. The first-order valence-electron chi connectivity index (χ1n) is 14.6. The van der Waals surface area contributed by atoms with Crippen LogP contribution in [0, 0.1) is 49.5 Å². The first-order chi connectivity index (χ1) is 21.2. The van der Waals surface area contributed by atoms with Crippen LogP contribution in [0.1, 0.15) is 66.5 Å². The van der Waals surface area contributed by atoms with Crippen LogP contribution in [0.5, 0.6) is 0 Å². The fourth-order valence-corrected chi connectivity index (χ4v) is 4.63. The third-order valence-electron chi connectivity index (χ3n) is 7.34. The summed E-state index contributed by atoms with van der Waals surface area (Å²) in [7, 11) is 3.14. The van der Waals surface area contributed by atoms with Crippen molar-refractivity contribution >= 4 is 17.6 Å². The van der Waals surface area contributed by atoms with Gasteiger partial charge in [0.2, 0.25) is 0 Å². The Morgan fingerprint density at radius 1 is 1.13 bits per heavy atom. The molecule has 1 aromatic carbocycles. The molecule has 0 spiro atoms. The average molecular weight is 866 g/mol. The quantitative estimate of drug-likeness (QED) is 0.277. The molecule has 0 aliphatic carbocycles. The number of benzene rings is 1. The minimum absolute atomic E-state index is 0. The maximum absolute atomic E-state index is 15.4. The molecule has 1 saturated heterocycles. The Kier molecular flexibility index (Phi) is 14.7. The number of halogens is 3. The normalized spacial score (nSPS) is 14.6. The van der Waals surface area contributed by atoms with Crippen LogP contribution in [0.2, 0.25) is 0 Å². The first kappa shape index (κ1) is 39.2. The summed E-state index contributed by atoms with van der Waals surface area (Å²) in [4.78, 5) is 44.0. The van der Waals surface area contributed by atoms with E-state index in [1.807, 2.05) is 34.1 Å². The molecule has 2 N–H and O–H groups in total. The van der Waals surface area contributed by atoms with Gasteiger partial charge in [-0.25, -0.2) is 13.2 Å². The SMILES string of the molecule is CCc1cc(F)c(-c2c[c-]nc(NC(=O)c3cc(CN[C@@H](C)[C@H](C)OC)cn(C)c3=O)c2)c(C(=O)N2CC(F)(F)C2)c1.C[CH-]C.[U+2]. The average Bonchev–Trinajstić information content (AvgIpc) is 2.99. The number of amides is 2. The van der Waals surface area contributed by atoms with E-state index in [2.05, 4.69) is 21.8 Å². The third kappa shape index (κ3) is 9.77. The molecule has 2 amide bonds. The van der Waals surface area contributed by atoms with Gasteiger partial charge in [0.05, 0.1) is 19.2 Å². The van der Waals surface area contributed by atoms with Gasteiger partial charge in [-0.15, -0.1) is 11.6 Å². The van der Waals surface area contributed by atoms with E-state index in [9.17, 15) is 23.2 Å². The molecule has 2 aromatic heterocycles. The summed E-state index contributed by atoms with van der Waals surface area (Å²) in [5.41, 5.74) is 0.497. The van der Waals surface area contributed by atoms with Crippen molar-refractivity contribution in [2.24, 2.45) is 7.05 Å². The van der Waals surface area contributed by atoms with Crippen molar-refractivity contribution in [3.8, 4) is 11.1 Å². The fraction of sp³-hybridized carbons (Fsp3) is 0.424. The number of carbonyl (C=O) groups excluding carboxylic acids is 2. The Hall–Kier alpha value is -2.98. The number of rotatable bonds is 10. The summed E-state index contributed by atoms with van der Waals surface area (Å²) in [6.45, 7) is 8.53. The standard InChI is InChI=1S/C30H33F3N5O4.C3H7.U/c1-6-19-9-22(29(41)38-15-30(32,33)16-38)26(24(31)11-19)21-7-8-34-25(12-21)36-27(39)23-10-20(14-37(4)28(23)40)13-35-17(2)18(3)42-5;1-3-2;/h7,9-12,14,17-18,35H,6,13,15-16H2,1-5H3,(H,34,36,39);3H,1-2H3;/q2*-1;+2/t17-,18-;;/m0../s1. The number of carbonyl (C=O) groups is 2. The van der Waals surface area contributed by atoms with E-state index in [4.69, 9.17) is 4.74 Å². The number of hydrogen-bond donors (Lipinski definition) is 2. The van der Waals surface area contributed by atoms with Crippen molar-refractivity contribution in [1.82, 2.24) is 19.8 Å². The molecule has 1 aliphatic heterocycles. The van der Waals surface area contributed by atoms with Gasteiger partial charge in [-0.3, -0.25) is 14.4 Å². The van der Waals surface area contributed by atoms with Crippen LogP contribution >= 0.6 is 0 Å². The Morgan fingerprint density at radius 2 is 1.76 bits per heavy atom. The van der Waals surface area contributed by atoms with Crippen molar-refractivity contribution in [2.75, 3.05) is 25.5 Å². The van der Waals surface area contributed by atoms with E-state index < -0.39 is 42.2 Å². The number of methoxy groups -OCH3 is 1. The first-order valence-corrected chi connectivity index (χ1v) is 14.6. The van der Waals surface area contributed by atoms with E-state index in [0.29, 0.717) is 24.1 Å². The molecule has 0 saturated carbocycles. The molecule has 13 heteroatoms. The molecule has 1 fully saturated rings. The number of aromatic nitrogens is 2. The molecule has 9 nitrogen and oxygen atoms in total. The molecule has 1 aliphatic rings. The van der Waals surface area contributed by atoms with Gasteiger partial charge >= 0.3 is 31.1 Å². The van der Waals surface area contributed by atoms with Gasteiger partial charge in [-0.05, 0) is 55.2 Å². The number of ether oxygens (including phenoxy) is 1. The smallest absolute Gasteiger partial charge is 0.380 e. The van der Waals surface area contributed by atoms with Crippen LogP contribution in [0.4, 0.5) is 19.0 Å². The number of aryl methyl sites for hydroxylation is 2. The zero-order chi connectivity index (χ0) is 33.5. The second-order valence-electron chi connectivity index (χ2n) is 11.1. The number of alkyl halides is 2. The monoisotopic (exact) mass is 865 g/mol. The number of likely N-dealkylation sites (tertiary alicyclic amines) is 1. The van der Waals surface area contributed by atoms with Crippen LogP contribution in [-0.2, 0) is 24.8 Å². The molecule has 0 unspecified atom stereocenters. The second kappa shape index (κ2) is 17.3. The van der Waals surface area contributed by atoms with Gasteiger partial charge in [-0.2, -0.15) is 19.9 Å². The number of anilines is 1. The van der Waals surface area contributed by atoms with Crippen LogP contribution in [-0.4, -0.2) is 64.5 Å². The predicted molar refractivity (Wildman–Crippen MR) is 167 cm³/mol. The predicted octanol–water partition coefficient (Wildman–Crippen LogP) is 5.04. The van der Waals surface area contributed by atoms with Crippen LogP contribution < -0.4 is 16.2 Å². The van der Waals surface area contributed by atoms with Gasteiger partial charge in [0.1, 0.15) is 11.4 Å². The van der Waals surface area contributed by atoms with E-state index in [-0.39, 0.29) is 71.3 Å². The number of pyridine rings is 2. The zero-order valence-corrected chi connectivity index (χ0v) is 31.3. The van der Waals surface area contributed by atoms with Crippen molar-refractivity contribution in [3.05, 3.63) is 87.6 Å². The van der Waals surface area contributed by atoms with E-state index in [1.165, 1.54) is 41.9 Å². The summed E-state index contributed by atoms with van der Waals surface area (Å²) in [5, 5.41) is 5.84. The largest absolute Gasteiger partial charge is 2.00 e.